The highest BCUT2D eigenvalue weighted by molar-refractivity contribution is 9.10. The molecule has 0 radical (unpaired) electrons. The number of nitrogens with two attached hydrogens (primary N) is 1. The van der Waals surface area contributed by atoms with Crippen LogP contribution in [0.25, 0.3) is 0 Å². The van der Waals surface area contributed by atoms with Gasteiger partial charge in [-0.2, -0.15) is 0 Å². The standard InChI is InChI=1S/C19H23BrN2O2/c20-19-8-12-4-13(9-19)7-18(6-12,11-19)10-16(23)22-15-3-1-2-14(5-15)17(21)24/h1-3,5,12-13H,4,6-11H2,(H2,21,24)(H,22,23). The van der Waals surface area contributed by atoms with Crippen molar-refractivity contribution < 1.29 is 9.59 Å². The van der Waals surface area contributed by atoms with Crippen molar-refractivity contribution in [2.45, 2.75) is 49.3 Å². The molecule has 4 saturated carbocycles. The zero-order valence-electron chi connectivity index (χ0n) is 13.7. The number of alkyl halides is 1. The predicted octanol–water partition coefficient (Wildman–Crippen LogP) is 3.85. The summed E-state index contributed by atoms with van der Waals surface area (Å²) in [5, 5.41) is 2.96. The molecule has 128 valence electrons. The van der Waals surface area contributed by atoms with Gasteiger partial charge in [-0.25, -0.2) is 0 Å². The van der Waals surface area contributed by atoms with Crippen LogP contribution in [-0.2, 0) is 4.79 Å². The second-order valence-electron chi connectivity index (χ2n) is 8.28. The number of nitrogens with one attached hydrogen (secondary N) is 1. The number of hydrogen-bond donors (Lipinski definition) is 2. The molecule has 1 aromatic carbocycles. The van der Waals surface area contributed by atoms with E-state index in [0.29, 0.717) is 17.7 Å². The molecule has 4 bridgehead atoms. The first-order chi connectivity index (χ1) is 11.3. The summed E-state index contributed by atoms with van der Waals surface area (Å²) in [7, 11) is 0. The Morgan fingerprint density at radius 1 is 1.21 bits per heavy atom. The van der Waals surface area contributed by atoms with E-state index in [-0.39, 0.29) is 15.6 Å². The monoisotopic (exact) mass is 390 g/mol. The molecule has 0 aliphatic heterocycles. The number of amides is 2. The van der Waals surface area contributed by atoms with Crippen molar-refractivity contribution in [3.8, 4) is 0 Å². The molecular weight excluding hydrogens is 368 g/mol. The van der Waals surface area contributed by atoms with Crippen molar-refractivity contribution in [2.75, 3.05) is 5.32 Å². The summed E-state index contributed by atoms with van der Waals surface area (Å²) >= 11 is 3.99. The third-order valence-corrected chi connectivity index (χ3v) is 7.01. The fraction of sp³-hybridized carbons (Fsp3) is 0.579. The lowest BCUT2D eigenvalue weighted by atomic mass is 9.48. The maximum absolute atomic E-state index is 12.6. The molecular formula is C19H23BrN2O2. The number of benzene rings is 1. The molecule has 2 unspecified atom stereocenters. The average molecular weight is 391 g/mol. The molecule has 0 heterocycles. The number of carbonyl (C=O) groups is 2. The number of primary amides is 1. The second-order valence-corrected chi connectivity index (χ2v) is 9.96. The smallest absolute Gasteiger partial charge is 0.248 e. The van der Waals surface area contributed by atoms with Crippen molar-refractivity contribution in [3.05, 3.63) is 29.8 Å². The Bertz CT molecular complexity index is 688. The molecule has 24 heavy (non-hydrogen) atoms. The highest BCUT2D eigenvalue weighted by Gasteiger charge is 2.57. The normalized spacial score (nSPS) is 36.5. The van der Waals surface area contributed by atoms with E-state index in [9.17, 15) is 9.59 Å². The van der Waals surface area contributed by atoms with E-state index in [4.69, 9.17) is 5.73 Å². The van der Waals surface area contributed by atoms with Crippen LogP contribution in [0.5, 0.6) is 0 Å². The highest BCUT2D eigenvalue weighted by atomic mass is 79.9. The van der Waals surface area contributed by atoms with Gasteiger partial charge in [0.1, 0.15) is 0 Å². The Morgan fingerprint density at radius 2 is 1.92 bits per heavy atom. The van der Waals surface area contributed by atoms with Gasteiger partial charge in [-0.3, -0.25) is 9.59 Å². The predicted molar refractivity (Wildman–Crippen MR) is 97.0 cm³/mol. The number of anilines is 1. The molecule has 4 aliphatic carbocycles. The number of carbonyl (C=O) groups excluding carboxylic acids is 2. The summed E-state index contributed by atoms with van der Waals surface area (Å²) in [4.78, 5) is 23.9. The highest BCUT2D eigenvalue weighted by Crippen LogP contribution is 2.65. The van der Waals surface area contributed by atoms with Gasteiger partial charge in [0.05, 0.1) is 0 Å². The lowest BCUT2D eigenvalue weighted by Gasteiger charge is -2.60. The largest absolute Gasteiger partial charge is 0.366 e. The summed E-state index contributed by atoms with van der Waals surface area (Å²) < 4.78 is 0.267. The van der Waals surface area contributed by atoms with Crippen LogP contribution in [0.3, 0.4) is 0 Å². The van der Waals surface area contributed by atoms with E-state index in [1.165, 1.54) is 32.1 Å². The van der Waals surface area contributed by atoms with E-state index in [1.807, 2.05) is 0 Å². The van der Waals surface area contributed by atoms with Crippen LogP contribution in [0.1, 0.15) is 55.3 Å². The van der Waals surface area contributed by atoms with Crippen molar-refractivity contribution >= 4 is 33.4 Å². The quantitative estimate of drug-likeness (QED) is 0.766. The van der Waals surface area contributed by atoms with Crippen molar-refractivity contribution in [1.29, 1.82) is 0 Å². The fourth-order valence-corrected chi connectivity index (χ4v) is 7.35. The lowest BCUT2D eigenvalue weighted by molar-refractivity contribution is -0.123. The average Bonchev–Trinajstić information content (AvgIpc) is 2.43. The van der Waals surface area contributed by atoms with Crippen molar-refractivity contribution in [3.63, 3.8) is 0 Å². The van der Waals surface area contributed by atoms with Crippen LogP contribution in [0.15, 0.2) is 24.3 Å². The molecule has 3 N–H and O–H groups in total. The molecule has 0 saturated heterocycles. The van der Waals surface area contributed by atoms with Crippen LogP contribution < -0.4 is 11.1 Å². The van der Waals surface area contributed by atoms with Gasteiger partial charge in [-0.1, -0.05) is 22.0 Å². The summed E-state index contributed by atoms with van der Waals surface area (Å²) in [6, 6.07) is 6.85. The summed E-state index contributed by atoms with van der Waals surface area (Å²) in [5.41, 5.74) is 6.52. The van der Waals surface area contributed by atoms with Gasteiger partial charge < -0.3 is 11.1 Å². The van der Waals surface area contributed by atoms with Gasteiger partial charge in [0.15, 0.2) is 0 Å². The Morgan fingerprint density at radius 3 is 2.54 bits per heavy atom. The van der Waals surface area contributed by atoms with Gasteiger partial charge in [-0.05, 0) is 74.0 Å². The zero-order chi connectivity index (χ0) is 16.9. The maximum atomic E-state index is 12.6. The summed E-state index contributed by atoms with van der Waals surface area (Å²) in [6.07, 6.45) is 7.95. The third-order valence-electron chi connectivity index (χ3n) is 6.08. The zero-order valence-corrected chi connectivity index (χ0v) is 15.3. The Hall–Kier alpha value is -1.36. The molecule has 0 spiro atoms. The van der Waals surface area contributed by atoms with E-state index in [1.54, 1.807) is 24.3 Å². The molecule has 1 aromatic rings. The molecule has 0 aromatic heterocycles. The second kappa shape index (κ2) is 5.58. The Labute approximate surface area is 150 Å². The third kappa shape index (κ3) is 2.99. The first-order valence-corrected chi connectivity index (χ1v) is 9.53. The number of halogens is 1. The maximum Gasteiger partial charge on any atom is 0.248 e. The minimum absolute atomic E-state index is 0.0506. The Balaban J connectivity index is 1.47. The molecule has 4 fully saturated rings. The van der Waals surface area contributed by atoms with E-state index in [0.717, 1.165) is 18.3 Å². The van der Waals surface area contributed by atoms with E-state index in [2.05, 4.69) is 21.2 Å². The Kier molecular flexibility index (Phi) is 3.75. The topological polar surface area (TPSA) is 72.2 Å². The molecule has 5 rings (SSSR count). The van der Waals surface area contributed by atoms with Gasteiger partial charge >= 0.3 is 0 Å². The molecule has 2 atom stereocenters. The van der Waals surface area contributed by atoms with E-state index < -0.39 is 5.91 Å². The molecule has 4 aliphatic rings. The van der Waals surface area contributed by atoms with Crippen LogP contribution in [0.2, 0.25) is 0 Å². The van der Waals surface area contributed by atoms with Crippen molar-refractivity contribution in [2.24, 2.45) is 23.0 Å². The molecule has 4 nitrogen and oxygen atoms in total. The first kappa shape index (κ1) is 16.1. The number of hydrogen-bond acceptors (Lipinski definition) is 2. The van der Waals surface area contributed by atoms with Gasteiger partial charge in [-0.15, -0.1) is 0 Å². The lowest BCUT2D eigenvalue weighted by Crippen LogP contribution is -2.53. The van der Waals surface area contributed by atoms with Gasteiger partial charge in [0.25, 0.3) is 0 Å². The number of rotatable bonds is 4. The van der Waals surface area contributed by atoms with Gasteiger partial charge in [0.2, 0.25) is 11.8 Å². The van der Waals surface area contributed by atoms with Crippen LogP contribution in [0.4, 0.5) is 5.69 Å². The summed E-state index contributed by atoms with van der Waals surface area (Å²) in [5.74, 6) is 1.12. The molecule has 2 amide bonds. The molecule has 5 heteroatoms. The van der Waals surface area contributed by atoms with Crippen molar-refractivity contribution in [1.82, 2.24) is 0 Å². The van der Waals surface area contributed by atoms with Crippen LogP contribution in [-0.4, -0.2) is 16.1 Å². The first-order valence-electron chi connectivity index (χ1n) is 8.74. The van der Waals surface area contributed by atoms with Crippen LogP contribution >= 0.6 is 15.9 Å². The summed E-state index contributed by atoms with van der Waals surface area (Å²) in [6.45, 7) is 0. The van der Waals surface area contributed by atoms with Gasteiger partial charge in [0, 0.05) is 22.0 Å². The SMILES string of the molecule is NC(=O)c1cccc(NC(=O)CC23CC4CC(CC(Br)(C4)C2)C3)c1. The fourth-order valence-electron chi connectivity index (χ4n) is 5.84. The minimum Gasteiger partial charge on any atom is -0.366 e. The van der Waals surface area contributed by atoms with E-state index >= 15 is 0 Å². The van der Waals surface area contributed by atoms with Crippen LogP contribution in [0, 0.1) is 17.3 Å². The minimum atomic E-state index is -0.478.